The molecule has 7 heteroatoms. The molecule has 0 heterocycles. The highest BCUT2D eigenvalue weighted by Gasteiger charge is 2.23. The first-order chi connectivity index (χ1) is 8.49. The third-order valence-electron chi connectivity index (χ3n) is 2.02. The van der Waals surface area contributed by atoms with Gasteiger partial charge in [-0.2, -0.15) is 0 Å². The number of hydrogen-bond donors (Lipinski definition) is 0. The monoisotopic (exact) mass is 271 g/mol. The molecule has 0 saturated heterocycles. The summed E-state index contributed by atoms with van der Waals surface area (Å²) in [4.78, 5) is 21.4. The van der Waals surface area contributed by atoms with Gasteiger partial charge in [-0.25, -0.2) is 4.79 Å². The summed E-state index contributed by atoms with van der Waals surface area (Å²) in [6.07, 6.45) is 0.0448. The molecule has 1 unspecified atom stereocenters. The molecule has 0 bridgehead atoms. The summed E-state index contributed by atoms with van der Waals surface area (Å²) in [5, 5.41) is 11.0. The number of benzene rings is 1. The Bertz CT molecular complexity index is 488. The van der Waals surface area contributed by atoms with Crippen molar-refractivity contribution < 1.29 is 19.2 Å². The number of hydrogen-bond acceptors (Lipinski definition) is 5. The molecule has 0 fully saturated rings. The van der Waals surface area contributed by atoms with E-state index in [2.05, 4.69) is 11.3 Å². The van der Waals surface area contributed by atoms with Crippen LogP contribution in [-0.4, -0.2) is 24.1 Å². The molecule has 1 atom stereocenters. The number of nitro benzene ring substituents is 1. The van der Waals surface area contributed by atoms with E-state index in [-0.39, 0.29) is 16.5 Å². The fourth-order valence-corrected chi connectivity index (χ4v) is 1.34. The van der Waals surface area contributed by atoms with Gasteiger partial charge in [0.1, 0.15) is 0 Å². The smallest absolute Gasteiger partial charge is 0.351 e. The second-order valence-corrected chi connectivity index (χ2v) is 3.60. The average Bonchev–Trinajstić information content (AvgIpc) is 2.34. The Morgan fingerprint density at radius 2 is 2.28 bits per heavy atom. The van der Waals surface area contributed by atoms with Gasteiger partial charge in [0.15, 0.2) is 5.75 Å². The first-order valence-corrected chi connectivity index (χ1v) is 5.18. The fourth-order valence-electron chi connectivity index (χ4n) is 1.18. The van der Waals surface area contributed by atoms with Crippen LogP contribution in [0.25, 0.3) is 0 Å². The molecule has 0 N–H and O–H groups in total. The minimum atomic E-state index is -1.13. The minimum Gasteiger partial charge on any atom is -0.467 e. The number of methoxy groups -OCH3 is 1. The maximum absolute atomic E-state index is 11.3. The van der Waals surface area contributed by atoms with Crippen LogP contribution in [0, 0.1) is 10.1 Å². The number of ether oxygens (including phenoxy) is 2. The highest BCUT2D eigenvalue weighted by atomic mass is 35.5. The Morgan fingerprint density at radius 3 is 2.78 bits per heavy atom. The van der Waals surface area contributed by atoms with E-state index >= 15 is 0 Å². The lowest BCUT2D eigenvalue weighted by molar-refractivity contribution is -0.386. The second-order valence-electron chi connectivity index (χ2n) is 3.17. The van der Waals surface area contributed by atoms with E-state index in [0.29, 0.717) is 0 Å². The Labute approximate surface area is 108 Å². The number of nitrogens with zero attached hydrogens (tertiary/aromatic N) is 1. The predicted molar refractivity (Wildman–Crippen MR) is 64.7 cm³/mol. The van der Waals surface area contributed by atoms with Crippen molar-refractivity contribution in [2.75, 3.05) is 7.11 Å². The molecule has 96 valence electrons. The molecule has 0 spiro atoms. The summed E-state index contributed by atoms with van der Waals surface area (Å²) in [5.41, 5.74) is -0.296. The lowest BCUT2D eigenvalue weighted by Gasteiger charge is -2.13. The molecule has 6 nitrogen and oxygen atoms in total. The van der Waals surface area contributed by atoms with Crippen LogP contribution in [0.3, 0.4) is 0 Å². The largest absolute Gasteiger partial charge is 0.467 e. The number of carbonyl (C=O) groups is 1. The summed E-state index contributed by atoms with van der Waals surface area (Å²) in [5.74, 6) is -0.831. The van der Waals surface area contributed by atoms with Gasteiger partial charge in [-0.1, -0.05) is 18.2 Å². The summed E-state index contributed by atoms with van der Waals surface area (Å²) in [7, 11) is 1.18. The zero-order valence-corrected chi connectivity index (χ0v) is 10.2. The van der Waals surface area contributed by atoms with Gasteiger partial charge in [0.05, 0.1) is 12.0 Å². The summed E-state index contributed by atoms with van der Waals surface area (Å²) < 4.78 is 9.64. The molecule has 0 aromatic heterocycles. The predicted octanol–water partition coefficient (Wildman–Crippen LogP) is 2.35. The van der Waals surface area contributed by atoms with E-state index in [4.69, 9.17) is 16.3 Å². The van der Waals surface area contributed by atoms with E-state index in [1.165, 1.54) is 31.4 Å². The minimum absolute atomic E-state index is 0.122. The van der Waals surface area contributed by atoms with Gasteiger partial charge in [-0.3, -0.25) is 10.1 Å². The highest BCUT2D eigenvalue weighted by Crippen LogP contribution is 2.30. The molecule has 1 aromatic rings. The van der Waals surface area contributed by atoms with Crippen LogP contribution >= 0.6 is 11.6 Å². The number of rotatable bonds is 5. The van der Waals surface area contributed by atoms with Crippen molar-refractivity contribution in [3.63, 3.8) is 0 Å². The van der Waals surface area contributed by atoms with Crippen molar-refractivity contribution in [3.05, 3.63) is 46.0 Å². The van der Waals surface area contributed by atoms with E-state index in [0.717, 1.165) is 0 Å². The summed E-state index contributed by atoms with van der Waals surface area (Å²) in [6, 6.07) is 3.79. The van der Waals surface area contributed by atoms with Crippen LogP contribution in [-0.2, 0) is 9.53 Å². The zero-order chi connectivity index (χ0) is 13.7. The van der Waals surface area contributed by atoms with Gasteiger partial charge in [-0.15, -0.1) is 0 Å². The summed E-state index contributed by atoms with van der Waals surface area (Å²) >= 11 is 5.72. The molecule has 0 radical (unpaired) electrons. The van der Waals surface area contributed by atoms with Crippen LogP contribution in [0.2, 0.25) is 5.02 Å². The second kappa shape index (κ2) is 6.02. The third-order valence-corrected chi connectivity index (χ3v) is 2.26. The van der Waals surface area contributed by atoms with E-state index < -0.39 is 17.0 Å². The summed E-state index contributed by atoms with van der Waals surface area (Å²) in [6.45, 7) is 3.39. The molecule has 1 rings (SSSR count). The van der Waals surface area contributed by atoms with Crippen molar-refractivity contribution in [2.24, 2.45) is 0 Å². The topological polar surface area (TPSA) is 78.7 Å². The maximum atomic E-state index is 11.3. The Hall–Kier alpha value is -2.08. The average molecular weight is 272 g/mol. The number of esters is 1. The van der Waals surface area contributed by atoms with Gasteiger partial charge >= 0.3 is 11.7 Å². The Balaban J connectivity index is 3.08. The molecule has 1 aromatic carbocycles. The molecule has 18 heavy (non-hydrogen) atoms. The normalized spacial score (nSPS) is 11.4. The quantitative estimate of drug-likeness (QED) is 0.355. The standard InChI is InChI=1S/C11H10ClNO5/c1-3-9(11(14)17-2)18-10-6-7(12)4-5-8(10)13(15)16/h3-6,9H,1H2,2H3. The van der Waals surface area contributed by atoms with Gasteiger partial charge < -0.3 is 9.47 Å². The van der Waals surface area contributed by atoms with E-state index in [1.54, 1.807) is 0 Å². The van der Waals surface area contributed by atoms with E-state index in [9.17, 15) is 14.9 Å². The number of halogens is 1. The van der Waals surface area contributed by atoms with Crippen molar-refractivity contribution in [3.8, 4) is 5.75 Å². The Kier molecular flexibility index (Phi) is 4.67. The lowest BCUT2D eigenvalue weighted by atomic mass is 10.3. The maximum Gasteiger partial charge on any atom is 0.351 e. The fraction of sp³-hybridized carbons (Fsp3) is 0.182. The van der Waals surface area contributed by atoms with Crippen molar-refractivity contribution >= 4 is 23.3 Å². The molecule has 0 aliphatic rings. The van der Waals surface area contributed by atoms with Crippen molar-refractivity contribution in [2.45, 2.75) is 6.10 Å². The van der Waals surface area contributed by atoms with Crippen molar-refractivity contribution in [1.82, 2.24) is 0 Å². The molecule has 0 amide bonds. The van der Waals surface area contributed by atoms with Gasteiger partial charge in [0, 0.05) is 17.2 Å². The molecular weight excluding hydrogens is 262 g/mol. The molecule has 0 aliphatic heterocycles. The van der Waals surface area contributed by atoms with Gasteiger partial charge in [0.2, 0.25) is 6.10 Å². The van der Waals surface area contributed by atoms with Crippen LogP contribution < -0.4 is 4.74 Å². The zero-order valence-electron chi connectivity index (χ0n) is 9.46. The molecule has 0 aliphatic carbocycles. The third kappa shape index (κ3) is 3.21. The van der Waals surface area contributed by atoms with Crippen molar-refractivity contribution in [1.29, 1.82) is 0 Å². The van der Waals surface area contributed by atoms with Gasteiger partial charge in [0.25, 0.3) is 0 Å². The van der Waals surface area contributed by atoms with Crippen LogP contribution in [0.4, 0.5) is 5.69 Å². The molecular formula is C11H10ClNO5. The number of carbonyl (C=O) groups excluding carboxylic acids is 1. The van der Waals surface area contributed by atoms with Crippen LogP contribution in [0.5, 0.6) is 5.75 Å². The number of nitro groups is 1. The first kappa shape index (κ1) is 14.0. The van der Waals surface area contributed by atoms with Crippen LogP contribution in [0.1, 0.15) is 0 Å². The Morgan fingerprint density at radius 1 is 1.61 bits per heavy atom. The first-order valence-electron chi connectivity index (χ1n) is 4.80. The highest BCUT2D eigenvalue weighted by molar-refractivity contribution is 6.30. The van der Waals surface area contributed by atoms with E-state index in [1.807, 2.05) is 0 Å². The SMILES string of the molecule is C=CC(Oc1cc(Cl)ccc1[N+](=O)[O-])C(=O)OC. The lowest BCUT2D eigenvalue weighted by Crippen LogP contribution is -2.26. The van der Waals surface area contributed by atoms with Crippen LogP contribution in [0.15, 0.2) is 30.9 Å². The van der Waals surface area contributed by atoms with Gasteiger partial charge in [-0.05, 0) is 12.1 Å². The molecule has 0 saturated carbocycles.